The molecule has 0 aromatic carbocycles. The number of nitrogens with zero attached hydrogens (tertiary/aromatic N) is 1. The number of rotatable bonds is 3. The molecule has 1 N–H and O–H groups in total. The predicted octanol–water partition coefficient (Wildman–Crippen LogP) is 2.32. The van der Waals surface area contributed by atoms with E-state index in [0.717, 1.165) is 24.2 Å². The van der Waals surface area contributed by atoms with E-state index in [4.69, 9.17) is 5.11 Å². The summed E-state index contributed by atoms with van der Waals surface area (Å²) in [6.45, 7) is 0. The van der Waals surface area contributed by atoms with Crippen molar-refractivity contribution in [2.75, 3.05) is 0 Å². The summed E-state index contributed by atoms with van der Waals surface area (Å²) in [5.74, 6) is 0.314. The summed E-state index contributed by atoms with van der Waals surface area (Å²) in [7, 11) is 0. The van der Waals surface area contributed by atoms with Crippen LogP contribution >= 0.6 is 11.3 Å². The second kappa shape index (κ2) is 3.31. The lowest BCUT2D eigenvalue weighted by atomic mass is 10.2. The Morgan fingerprint density at radius 3 is 2.77 bits per heavy atom. The van der Waals surface area contributed by atoms with Gasteiger partial charge in [-0.15, -0.1) is 11.3 Å². The van der Waals surface area contributed by atoms with E-state index in [0.29, 0.717) is 16.5 Å². The van der Waals surface area contributed by atoms with Gasteiger partial charge in [0.15, 0.2) is 6.10 Å². The van der Waals surface area contributed by atoms with Gasteiger partial charge in [0.2, 0.25) is 0 Å². The first kappa shape index (κ1) is 9.02. The van der Waals surface area contributed by atoms with Gasteiger partial charge < -0.3 is 5.11 Å². The number of aromatic nitrogens is 1. The average molecular weight is 205 g/mol. The normalized spacial score (nSPS) is 19.4. The second-order valence-corrected chi connectivity index (χ2v) is 4.04. The van der Waals surface area contributed by atoms with Gasteiger partial charge in [-0.1, -0.05) is 0 Å². The van der Waals surface area contributed by atoms with E-state index < -0.39 is 12.5 Å². The molecule has 1 atom stereocenters. The standard InChI is InChI=1S/C8H9F2NOS/c9-8(10)6(12)7-5(4-1-2-4)11-3-13-7/h3-4,6,8,12H,1-2H2. The van der Waals surface area contributed by atoms with Crippen LogP contribution in [0.25, 0.3) is 0 Å². The molecule has 1 heterocycles. The molecule has 1 unspecified atom stereocenters. The molecule has 13 heavy (non-hydrogen) atoms. The SMILES string of the molecule is OC(c1scnc1C1CC1)C(F)F. The Morgan fingerprint density at radius 2 is 2.23 bits per heavy atom. The molecule has 0 spiro atoms. The van der Waals surface area contributed by atoms with Gasteiger partial charge in [0, 0.05) is 5.92 Å². The Morgan fingerprint density at radius 1 is 1.54 bits per heavy atom. The van der Waals surface area contributed by atoms with Gasteiger partial charge in [0.1, 0.15) is 0 Å². The predicted molar refractivity (Wildman–Crippen MR) is 45.1 cm³/mol. The molecule has 1 aliphatic carbocycles. The highest BCUT2D eigenvalue weighted by atomic mass is 32.1. The third-order valence-corrected chi connectivity index (χ3v) is 3.01. The highest BCUT2D eigenvalue weighted by Gasteiger charge is 2.33. The smallest absolute Gasteiger partial charge is 0.269 e. The van der Waals surface area contributed by atoms with Crippen molar-refractivity contribution < 1.29 is 13.9 Å². The fourth-order valence-corrected chi connectivity index (χ4v) is 2.13. The Balaban J connectivity index is 2.22. The first-order chi connectivity index (χ1) is 6.20. The summed E-state index contributed by atoms with van der Waals surface area (Å²) in [4.78, 5) is 4.35. The Kier molecular flexibility index (Phi) is 2.29. The molecular weight excluding hydrogens is 196 g/mol. The minimum absolute atomic E-state index is 0.314. The van der Waals surface area contributed by atoms with Crippen LogP contribution in [-0.2, 0) is 0 Å². The van der Waals surface area contributed by atoms with Crippen molar-refractivity contribution in [1.82, 2.24) is 4.98 Å². The van der Waals surface area contributed by atoms with E-state index in [-0.39, 0.29) is 0 Å². The van der Waals surface area contributed by atoms with Gasteiger partial charge in [0.25, 0.3) is 6.43 Å². The summed E-state index contributed by atoms with van der Waals surface area (Å²) >= 11 is 1.11. The van der Waals surface area contributed by atoms with Crippen molar-refractivity contribution in [2.24, 2.45) is 0 Å². The number of thiazole rings is 1. The van der Waals surface area contributed by atoms with Crippen LogP contribution in [0.4, 0.5) is 8.78 Å². The zero-order chi connectivity index (χ0) is 9.42. The van der Waals surface area contributed by atoms with Crippen LogP contribution in [-0.4, -0.2) is 16.5 Å². The highest BCUT2D eigenvalue weighted by molar-refractivity contribution is 7.09. The quantitative estimate of drug-likeness (QED) is 0.821. The second-order valence-electron chi connectivity index (χ2n) is 3.16. The van der Waals surface area contributed by atoms with Gasteiger partial charge in [-0.3, -0.25) is 0 Å². The molecule has 0 aliphatic heterocycles. The lowest BCUT2D eigenvalue weighted by Crippen LogP contribution is -2.08. The zero-order valence-corrected chi connectivity index (χ0v) is 7.60. The molecule has 0 radical (unpaired) electrons. The molecule has 0 saturated heterocycles. The maximum Gasteiger partial charge on any atom is 0.269 e. The van der Waals surface area contributed by atoms with Crippen molar-refractivity contribution in [1.29, 1.82) is 0 Å². The van der Waals surface area contributed by atoms with Crippen molar-refractivity contribution in [3.8, 4) is 0 Å². The molecular formula is C8H9F2NOS. The summed E-state index contributed by atoms with van der Waals surface area (Å²) < 4.78 is 24.4. The first-order valence-electron chi connectivity index (χ1n) is 4.09. The Hall–Kier alpha value is -0.550. The van der Waals surface area contributed by atoms with Gasteiger partial charge in [0.05, 0.1) is 16.1 Å². The van der Waals surface area contributed by atoms with Crippen LogP contribution < -0.4 is 0 Å². The average Bonchev–Trinajstić information content (AvgIpc) is 2.83. The molecule has 1 aromatic heterocycles. The molecule has 5 heteroatoms. The van der Waals surface area contributed by atoms with E-state index in [1.54, 1.807) is 0 Å². The molecule has 72 valence electrons. The summed E-state index contributed by atoms with van der Waals surface area (Å²) in [5, 5.41) is 9.16. The minimum atomic E-state index is -2.71. The molecule has 1 saturated carbocycles. The Labute approximate surface area is 78.2 Å². The van der Waals surface area contributed by atoms with E-state index in [9.17, 15) is 8.78 Å². The zero-order valence-electron chi connectivity index (χ0n) is 6.78. The van der Waals surface area contributed by atoms with Gasteiger partial charge in [-0.05, 0) is 12.8 Å². The van der Waals surface area contributed by atoms with Gasteiger partial charge in [-0.2, -0.15) is 0 Å². The summed E-state index contributed by atoms with van der Waals surface area (Å²) in [5.41, 5.74) is 2.20. The third kappa shape index (κ3) is 1.71. The van der Waals surface area contributed by atoms with Gasteiger partial charge in [-0.25, -0.2) is 13.8 Å². The van der Waals surface area contributed by atoms with Crippen molar-refractivity contribution in [2.45, 2.75) is 31.3 Å². The Bertz CT molecular complexity index is 298. The van der Waals surface area contributed by atoms with Crippen LogP contribution in [0.15, 0.2) is 5.51 Å². The summed E-state index contributed by atoms with van der Waals surface area (Å²) in [6, 6.07) is 0. The van der Waals surface area contributed by atoms with Crippen molar-refractivity contribution in [3.05, 3.63) is 16.1 Å². The molecule has 2 rings (SSSR count). The van der Waals surface area contributed by atoms with E-state index in [2.05, 4.69) is 4.98 Å². The number of aliphatic hydroxyl groups excluding tert-OH is 1. The first-order valence-corrected chi connectivity index (χ1v) is 4.97. The molecule has 1 aromatic rings. The van der Waals surface area contributed by atoms with Crippen LogP contribution in [0.1, 0.15) is 35.4 Å². The van der Waals surface area contributed by atoms with Gasteiger partial charge >= 0.3 is 0 Å². The molecule has 1 aliphatic rings. The topological polar surface area (TPSA) is 33.1 Å². The lowest BCUT2D eigenvalue weighted by molar-refractivity contribution is -0.00429. The van der Waals surface area contributed by atoms with Crippen LogP contribution in [0.3, 0.4) is 0 Å². The maximum absolute atomic E-state index is 12.2. The van der Waals surface area contributed by atoms with Crippen LogP contribution in [0.2, 0.25) is 0 Å². The fraction of sp³-hybridized carbons (Fsp3) is 0.625. The monoisotopic (exact) mass is 205 g/mol. The largest absolute Gasteiger partial charge is 0.381 e. The minimum Gasteiger partial charge on any atom is -0.381 e. The molecule has 2 nitrogen and oxygen atoms in total. The third-order valence-electron chi connectivity index (χ3n) is 2.10. The highest BCUT2D eigenvalue weighted by Crippen LogP contribution is 2.44. The lowest BCUT2D eigenvalue weighted by Gasteiger charge is -2.08. The van der Waals surface area contributed by atoms with Crippen LogP contribution in [0, 0.1) is 0 Å². The molecule has 0 amide bonds. The number of hydrogen-bond acceptors (Lipinski definition) is 3. The van der Waals surface area contributed by atoms with E-state index in [1.165, 1.54) is 5.51 Å². The molecule has 0 bridgehead atoms. The molecule has 1 fully saturated rings. The van der Waals surface area contributed by atoms with E-state index >= 15 is 0 Å². The number of halogens is 2. The van der Waals surface area contributed by atoms with Crippen molar-refractivity contribution in [3.63, 3.8) is 0 Å². The number of alkyl halides is 2. The maximum atomic E-state index is 12.2. The summed E-state index contributed by atoms with van der Waals surface area (Å²) in [6.07, 6.45) is -2.35. The fourth-order valence-electron chi connectivity index (χ4n) is 1.26. The van der Waals surface area contributed by atoms with E-state index in [1.807, 2.05) is 0 Å². The van der Waals surface area contributed by atoms with Crippen LogP contribution in [0.5, 0.6) is 0 Å². The van der Waals surface area contributed by atoms with Crippen molar-refractivity contribution >= 4 is 11.3 Å². The number of aliphatic hydroxyl groups is 1. The number of hydrogen-bond donors (Lipinski definition) is 1.